The largest absolute Gasteiger partial charge is 0.326 e. The molecule has 0 radical (unpaired) electrons. The number of hydrogen-bond acceptors (Lipinski definition) is 5. The topological polar surface area (TPSA) is 79.4 Å². The SMILES string of the molecule is Cc1nc(-c2ccc(NC(=O)C3CCN(S(=O)(=O)c4ccc(C(C)C)cc4)CC3)cc2)cs1. The third-order valence-corrected chi connectivity index (χ3v) is 8.76. The molecule has 1 aliphatic heterocycles. The lowest BCUT2D eigenvalue weighted by molar-refractivity contribution is -0.120. The number of nitrogens with zero attached hydrogens (tertiary/aromatic N) is 2. The van der Waals surface area contributed by atoms with Gasteiger partial charge in [-0.3, -0.25) is 4.79 Å². The zero-order valence-corrected chi connectivity index (χ0v) is 20.7. The number of sulfonamides is 1. The summed E-state index contributed by atoms with van der Waals surface area (Å²) in [5.41, 5.74) is 3.79. The van der Waals surface area contributed by atoms with Gasteiger partial charge >= 0.3 is 0 Å². The van der Waals surface area contributed by atoms with Gasteiger partial charge in [0.15, 0.2) is 0 Å². The van der Waals surface area contributed by atoms with Crippen LogP contribution in [0.4, 0.5) is 5.69 Å². The van der Waals surface area contributed by atoms with Crippen molar-refractivity contribution in [3.8, 4) is 11.3 Å². The van der Waals surface area contributed by atoms with E-state index in [1.165, 1.54) is 4.31 Å². The molecule has 1 saturated heterocycles. The lowest BCUT2D eigenvalue weighted by atomic mass is 9.97. The zero-order valence-electron chi connectivity index (χ0n) is 19.1. The molecule has 1 N–H and O–H groups in total. The normalized spacial score (nSPS) is 15.6. The van der Waals surface area contributed by atoms with Gasteiger partial charge in [-0.05, 0) is 55.5 Å². The third kappa shape index (κ3) is 5.34. The lowest BCUT2D eigenvalue weighted by Gasteiger charge is -2.30. The molecule has 1 aromatic heterocycles. The maximum atomic E-state index is 13.0. The Labute approximate surface area is 199 Å². The molecule has 3 aromatic rings. The summed E-state index contributed by atoms with van der Waals surface area (Å²) >= 11 is 1.61. The molecule has 0 bridgehead atoms. The monoisotopic (exact) mass is 483 g/mol. The van der Waals surface area contributed by atoms with Gasteiger partial charge < -0.3 is 5.32 Å². The summed E-state index contributed by atoms with van der Waals surface area (Å²) in [6.45, 7) is 6.82. The van der Waals surface area contributed by atoms with Gasteiger partial charge in [-0.1, -0.05) is 38.1 Å². The maximum absolute atomic E-state index is 13.0. The van der Waals surface area contributed by atoms with E-state index in [0.717, 1.165) is 27.5 Å². The highest BCUT2D eigenvalue weighted by atomic mass is 32.2. The minimum Gasteiger partial charge on any atom is -0.326 e. The van der Waals surface area contributed by atoms with Crippen LogP contribution >= 0.6 is 11.3 Å². The molecule has 2 aromatic carbocycles. The predicted octanol–water partition coefficient (Wildman–Crippen LogP) is 5.28. The Morgan fingerprint density at radius 3 is 2.24 bits per heavy atom. The Hall–Kier alpha value is -2.55. The Morgan fingerprint density at radius 1 is 1.06 bits per heavy atom. The third-order valence-electron chi connectivity index (χ3n) is 6.08. The first-order valence-corrected chi connectivity index (χ1v) is 13.5. The van der Waals surface area contributed by atoms with Crippen LogP contribution in [-0.2, 0) is 14.8 Å². The van der Waals surface area contributed by atoms with Gasteiger partial charge in [-0.2, -0.15) is 4.31 Å². The molecular formula is C25H29N3O3S2. The van der Waals surface area contributed by atoms with Crippen LogP contribution in [0.1, 0.15) is 43.2 Å². The van der Waals surface area contributed by atoms with Gasteiger partial charge in [0.1, 0.15) is 0 Å². The Kier molecular flexibility index (Phi) is 6.97. The van der Waals surface area contributed by atoms with Crippen molar-refractivity contribution in [2.24, 2.45) is 5.92 Å². The van der Waals surface area contributed by atoms with Gasteiger partial charge in [0, 0.05) is 35.6 Å². The van der Waals surface area contributed by atoms with Crippen molar-refractivity contribution in [1.82, 2.24) is 9.29 Å². The molecule has 0 aliphatic carbocycles. The first-order valence-electron chi connectivity index (χ1n) is 11.2. The summed E-state index contributed by atoms with van der Waals surface area (Å²) in [5, 5.41) is 6.01. The number of nitrogens with one attached hydrogen (secondary N) is 1. The van der Waals surface area contributed by atoms with Gasteiger partial charge in [0.05, 0.1) is 15.6 Å². The molecule has 4 rings (SSSR count). The van der Waals surface area contributed by atoms with E-state index in [1.54, 1.807) is 23.5 Å². The van der Waals surface area contributed by atoms with Crippen molar-refractivity contribution >= 4 is 33.0 Å². The Bertz CT molecular complexity index is 1210. The van der Waals surface area contributed by atoms with Gasteiger partial charge in [0.2, 0.25) is 15.9 Å². The fourth-order valence-electron chi connectivity index (χ4n) is 4.00. The molecule has 1 fully saturated rings. The molecule has 2 heterocycles. The fourth-order valence-corrected chi connectivity index (χ4v) is 6.09. The van der Waals surface area contributed by atoms with Crippen LogP contribution in [0.15, 0.2) is 58.8 Å². The lowest BCUT2D eigenvalue weighted by Crippen LogP contribution is -2.41. The van der Waals surface area contributed by atoms with E-state index in [0.29, 0.717) is 36.7 Å². The van der Waals surface area contributed by atoms with Crippen LogP contribution in [0.5, 0.6) is 0 Å². The van der Waals surface area contributed by atoms with Crippen molar-refractivity contribution in [2.75, 3.05) is 18.4 Å². The first-order chi connectivity index (χ1) is 15.7. The Balaban J connectivity index is 1.34. The smallest absolute Gasteiger partial charge is 0.243 e. The molecule has 8 heteroatoms. The standard InChI is InChI=1S/C25H29N3O3S2/c1-17(2)19-6-10-23(11-7-19)33(30,31)28-14-12-21(13-15-28)25(29)27-22-8-4-20(5-9-22)24-16-32-18(3)26-24/h4-11,16-17,21H,12-15H2,1-3H3,(H,27,29). The summed E-state index contributed by atoms with van der Waals surface area (Å²) in [5.74, 6) is 0.0786. The average Bonchev–Trinajstić information content (AvgIpc) is 3.26. The van der Waals surface area contributed by atoms with Crippen molar-refractivity contribution < 1.29 is 13.2 Å². The average molecular weight is 484 g/mol. The molecule has 6 nitrogen and oxygen atoms in total. The van der Waals surface area contributed by atoms with E-state index in [-0.39, 0.29) is 11.8 Å². The summed E-state index contributed by atoms with van der Waals surface area (Å²) in [7, 11) is -3.55. The van der Waals surface area contributed by atoms with E-state index < -0.39 is 10.0 Å². The summed E-state index contributed by atoms with van der Waals surface area (Å²) in [4.78, 5) is 17.6. The predicted molar refractivity (Wildman–Crippen MR) is 133 cm³/mol. The van der Waals surface area contributed by atoms with Crippen molar-refractivity contribution in [3.05, 3.63) is 64.5 Å². The molecular weight excluding hydrogens is 454 g/mol. The van der Waals surface area contributed by atoms with Gasteiger partial charge in [0.25, 0.3) is 0 Å². The number of rotatable bonds is 6. The van der Waals surface area contributed by atoms with E-state index in [2.05, 4.69) is 24.1 Å². The zero-order chi connectivity index (χ0) is 23.6. The van der Waals surface area contributed by atoms with Crippen molar-refractivity contribution in [2.45, 2.75) is 44.4 Å². The highest BCUT2D eigenvalue weighted by molar-refractivity contribution is 7.89. The fraction of sp³-hybridized carbons (Fsp3) is 0.360. The number of carbonyl (C=O) groups is 1. The van der Waals surface area contributed by atoms with Crippen molar-refractivity contribution in [3.63, 3.8) is 0 Å². The molecule has 0 saturated carbocycles. The van der Waals surface area contributed by atoms with Crippen LogP contribution in [0.25, 0.3) is 11.3 Å². The number of hydrogen-bond donors (Lipinski definition) is 1. The molecule has 174 valence electrons. The maximum Gasteiger partial charge on any atom is 0.243 e. The minimum absolute atomic E-state index is 0.0643. The second-order valence-corrected chi connectivity index (χ2v) is 11.7. The van der Waals surface area contributed by atoms with Crippen LogP contribution in [0.2, 0.25) is 0 Å². The number of aromatic nitrogens is 1. The number of piperidine rings is 1. The molecule has 1 aliphatic rings. The summed E-state index contributed by atoms with van der Waals surface area (Å²) in [6.07, 6.45) is 1.01. The number of aryl methyl sites for hydroxylation is 1. The van der Waals surface area contributed by atoms with E-state index >= 15 is 0 Å². The number of anilines is 1. The second-order valence-electron chi connectivity index (χ2n) is 8.72. The van der Waals surface area contributed by atoms with Crippen LogP contribution in [0.3, 0.4) is 0 Å². The highest BCUT2D eigenvalue weighted by Crippen LogP contribution is 2.27. The quantitative estimate of drug-likeness (QED) is 0.517. The second kappa shape index (κ2) is 9.75. The molecule has 0 unspecified atom stereocenters. The van der Waals surface area contributed by atoms with Gasteiger partial charge in [-0.25, -0.2) is 13.4 Å². The number of benzene rings is 2. The van der Waals surface area contributed by atoms with E-state index in [9.17, 15) is 13.2 Å². The van der Waals surface area contributed by atoms with E-state index in [4.69, 9.17) is 0 Å². The Morgan fingerprint density at radius 2 is 1.70 bits per heavy atom. The summed E-state index contributed by atoms with van der Waals surface area (Å²) < 4.78 is 27.5. The van der Waals surface area contributed by atoms with Crippen LogP contribution in [-0.4, -0.2) is 36.7 Å². The van der Waals surface area contributed by atoms with Gasteiger partial charge in [-0.15, -0.1) is 11.3 Å². The van der Waals surface area contributed by atoms with Crippen molar-refractivity contribution in [1.29, 1.82) is 0 Å². The molecule has 1 amide bonds. The number of thiazole rings is 1. The summed E-state index contributed by atoms with van der Waals surface area (Å²) in [6, 6.07) is 14.8. The first kappa shape index (κ1) is 23.6. The van der Waals surface area contributed by atoms with Crippen LogP contribution in [0, 0.1) is 12.8 Å². The molecule has 33 heavy (non-hydrogen) atoms. The number of carbonyl (C=O) groups excluding carboxylic acids is 1. The molecule has 0 atom stereocenters. The number of amides is 1. The van der Waals surface area contributed by atoms with E-state index in [1.807, 2.05) is 48.7 Å². The minimum atomic E-state index is -3.55. The van der Waals surface area contributed by atoms with Crippen LogP contribution < -0.4 is 5.32 Å². The molecule has 0 spiro atoms. The highest BCUT2D eigenvalue weighted by Gasteiger charge is 2.32.